The summed E-state index contributed by atoms with van der Waals surface area (Å²) in [6.45, 7) is 0.914. The summed E-state index contributed by atoms with van der Waals surface area (Å²) in [6, 6.07) is 0. The Kier molecular flexibility index (Phi) is 1.21. The van der Waals surface area contributed by atoms with Crippen LogP contribution in [0.5, 0.6) is 0 Å². The van der Waals surface area contributed by atoms with E-state index in [0.29, 0.717) is 0 Å². The summed E-state index contributed by atoms with van der Waals surface area (Å²) in [5.74, 6) is 0. The zero-order valence-electron chi connectivity index (χ0n) is 2.63. The molecule has 0 N–H and O–H groups in total. The van der Waals surface area contributed by atoms with Crippen LogP contribution in [0.3, 0.4) is 0 Å². The Labute approximate surface area is 41.7 Å². The predicted molar refractivity (Wildman–Crippen MR) is 21.5 cm³/mol. The Morgan fingerprint density at radius 2 is 2.80 bits per heavy atom. The molecule has 1 heterocycles. The van der Waals surface area contributed by atoms with E-state index in [4.69, 9.17) is 0 Å². The van der Waals surface area contributed by atoms with Crippen molar-refractivity contribution < 1.29 is 0 Å². The first-order valence-corrected chi connectivity index (χ1v) is 4.95. The normalized spacial score (nSPS) is 17.6. The predicted octanol–water partition coefficient (Wildman–Crippen LogP) is -0.126. The van der Waals surface area contributed by atoms with E-state index in [9.17, 15) is 0 Å². The van der Waals surface area contributed by atoms with Gasteiger partial charge in [-0.3, -0.25) is 0 Å². The van der Waals surface area contributed by atoms with Gasteiger partial charge >= 0.3 is 41.5 Å². The van der Waals surface area contributed by atoms with Crippen LogP contribution in [0.25, 0.3) is 0 Å². The van der Waals surface area contributed by atoms with Gasteiger partial charge in [-0.15, -0.1) is 0 Å². The van der Waals surface area contributed by atoms with Crippen molar-refractivity contribution in [2.75, 3.05) is 6.54 Å². The van der Waals surface area contributed by atoms with Crippen LogP contribution in [0.1, 0.15) is 0 Å². The molecule has 0 fully saturated rings. The Morgan fingerprint density at radius 1 is 1.80 bits per heavy atom. The first kappa shape index (κ1) is 3.54. The van der Waals surface area contributed by atoms with Gasteiger partial charge in [0.05, 0.1) is 0 Å². The van der Waals surface area contributed by atoms with Crippen molar-refractivity contribution in [2.24, 2.45) is 8.17 Å². The first-order chi connectivity index (χ1) is 2.50. The quantitative estimate of drug-likeness (QED) is 0.545. The maximum atomic E-state index is 3.83. The standard InChI is InChI=1S/C2H3N2.Bi/c1-2-4-3;/h1H,2H2;/q-1;+1. The molecule has 0 aromatic rings. The second-order valence-corrected chi connectivity index (χ2v) is 3.72. The van der Waals surface area contributed by atoms with Crippen molar-refractivity contribution in [3.05, 3.63) is 0 Å². The molecule has 1 aliphatic rings. The molecule has 1 aliphatic heterocycles. The molecule has 0 aromatic carbocycles. The van der Waals surface area contributed by atoms with E-state index >= 15 is 0 Å². The maximum absolute atomic E-state index is 3.83. The van der Waals surface area contributed by atoms with E-state index in [0.717, 1.165) is 6.54 Å². The van der Waals surface area contributed by atoms with Crippen LogP contribution in [0.4, 0.5) is 0 Å². The molecule has 26 valence electrons. The van der Waals surface area contributed by atoms with Crippen molar-refractivity contribution in [1.29, 1.82) is 0 Å². The Morgan fingerprint density at radius 3 is 3.00 bits per heavy atom. The molecule has 0 saturated heterocycles. The van der Waals surface area contributed by atoms with E-state index < -0.39 is 23.0 Å². The van der Waals surface area contributed by atoms with Gasteiger partial charge in [-0.2, -0.15) is 0 Å². The molecule has 5 heavy (non-hydrogen) atoms. The van der Waals surface area contributed by atoms with Gasteiger partial charge in [-0.05, 0) is 0 Å². The van der Waals surface area contributed by atoms with Crippen LogP contribution < -0.4 is 0 Å². The third-order valence-corrected chi connectivity index (χ3v) is 2.52. The summed E-state index contributed by atoms with van der Waals surface area (Å²) in [5.41, 5.74) is 0. The van der Waals surface area contributed by atoms with Gasteiger partial charge < -0.3 is 0 Å². The Balaban J connectivity index is 2.61. The van der Waals surface area contributed by atoms with Crippen molar-refractivity contribution in [2.45, 2.75) is 0 Å². The summed E-state index contributed by atoms with van der Waals surface area (Å²) in [5, 5.41) is 3.73. The van der Waals surface area contributed by atoms with Crippen molar-refractivity contribution in [3.63, 3.8) is 0 Å². The monoisotopic (exact) mass is 264 g/mol. The summed E-state index contributed by atoms with van der Waals surface area (Å²) in [6.07, 6.45) is 0. The minimum absolute atomic E-state index is 0.410. The van der Waals surface area contributed by atoms with Gasteiger partial charge in [0.15, 0.2) is 0 Å². The number of hydrogen-bond donors (Lipinski definition) is 0. The third kappa shape index (κ3) is 0.841. The van der Waals surface area contributed by atoms with Gasteiger partial charge in [0.1, 0.15) is 0 Å². The molecule has 0 bridgehead atoms. The molecular formula is C2H3BiN2. The van der Waals surface area contributed by atoms with E-state index in [1.807, 2.05) is 0 Å². The Hall–Kier alpha value is 0.353. The van der Waals surface area contributed by atoms with Gasteiger partial charge in [0, 0.05) is 0 Å². The molecule has 0 aliphatic carbocycles. The molecule has 0 atom stereocenters. The number of rotatable bonds is 0. The van der Waals surface area contributed by atoms with Crippen molar-refractivity contribution >= 4 is 26.8 Å². The van der Waals surface area contributed by atoms with E-state index in [2.05, 4.69) is 11.9 Å². The number of nitrogens with zero attached hydrogens (tertiary/aromatic N) is 2. The SMILES string of the molecule is [CH]1=[Bi][N]=NC1. The van der Waals surface area contributed by atoms with Crippen LogP contribution in [0.2, 0.25) is 0 Å². The van der Waals surface area contributed by atoms with Crippen LogP contribution >= 0.6 is 0 Å². The van der Waals surface area contributed by atoms with E-state index in [-0.39, 0.29) is 0 Å². The molecule has 1 rings (SSSR count). The number of hydrogen-bond acceptors (Lipinski definition) is 2. The summed E-state index contributed by atoms with van der Waals surface area (Å²) in [4.78, 5) is 0. The second-order valence-electron chi connectivity index (χ2n) is 0.711. The van der Waals surface area contributed by atoms with Crippen molar-refractivity contribution in [1.82, 2.24) is 0 Å². The average Bonchev–Trinajstić information content (AvgIpc) is 1.76. The zero-order chi connectivity index (χ0) is 3.54. The minimum atomic E-state index is -0.410. The van der Waals surface area contributed by atoms with Crippen molar-refractivity contribution in [3.8, 4) is 0 Å². The Bertz CT molecular complexity index is 65.7. The summed E-state index contributed by atoms with van der Waals surface area (Å²) < 4.78 is 6.04. The van der Waals surface area contributed by atoms with Crippen LogP contribution in [-0.2, 0) is 0 Å². The molecule has 2 nitrogen and oxygen atoms in total. The van der Waals surface area contributed by atoms with E-state index in [1.165, 1.54) is 0 Å². The first-order valence-electron chi connectivity index (χ1n) is 1.38. The average molecular weight is 264 g/mol. The second kappa shape index (κ2) is 1.71. The van der Waals surface area contributed by atoms with Gasteiger partial charge in [0.25, 0.3) is 0 Å². The fourth-order valence-electron chi connectivity index (χ4n) is 0.183. The molecule has 0 spiro atoms. The van der Waals surface area contributed by atoms with Crippen LogP contribution in [-0.4, -0.2) is 33.3 Å². The third-order valence-electron chi connectivity index (χ3n) is 0.360. The molecule has 0 amide bonds. The zero-order valence-corrected chi connectivity index (χ0v) is 6.10. The summed E-state index contributed by atoms with van der Waals surface area (Å²) >= 11 is -0.410. The molecule has 0 aromatic heterocycles. The topological polar surface area (TPSA) is 24.7 Å². The van der Waals surface area contributed by atoms with Crippen LogP contribution in [0.15, 0.2) is 8.17 Å². The molecule has 0 saturated carbocycles. The van der Waals surface area contributed by atoms with Crippen LogP contribution in [0, 0.1) is 0 Å². The van der Waals surface area contributed by atoms with Gasteiger partial charge in [0.2, 0.25) is 0 Å². The van der Waals surface area contributed by atoms with Gasteiger partial charge in [-0.25, -0.2) is 0 Å². The molecule has 0 radical (unpaired) electrons. The summed E-state index contributed by atoms with van der Waals surface area (Å²) in [7, 11) is 0. The fourth-order valence-corrected chi connectivity index (χ4v) is 1.60. The fraction of sp³-hybridized carbons (Fsp3) is 0.500. The molecule has 3 heteroatoms. The van der Waals surface area contributed by atoms with Gasteiger partial charge in [-0.1, -0.05) is 0 Å². The molecule has 0 unspecified atom stereocenters. The van der Waals surface area contributed by atoms with E-state index in [1.54, 1.807) is 0 Å². The molecular weight excluding hydrogens is 261 g/mol.